The number of carbonyl (C=O) groups is 2. The van der Waals surface area contributed by atoms with Gasteiger partial charge in [-0.25, -0.2) is 4.79 Å². The molecule has 4 nitrogen and oxygen atoms in total. The van der Waals surface area contributed by atoms with Gasteiger partial charge in [0, 0.05) is 6.54 Å². The number of Topliss-reactive ketones (excluding diaryl/α,β-unsaturated/α-hetero) is 1. The van der Waals surface area contributed by atoms with Gasteiger partial charge in [-0.15, -0.1) is 0 Å². The number of hydrogen-bond acceptors (Lipinski definition) is 4. The molecule has 1 atom stereocenters. The van der Waals surface area contributed by atoms with Crippen LogP contribution in [0.2, 0.25) is 0 Å². The van der Waals surface area contributed by atoms with E-state index in [1.165, 1.54) is 7.11 Å². The minimum atomic E-state index is -0.759. The molecule has 1 heterocycles. The zero-order valence-corrected chi connectivity index (χ0v) is 5.01. The summed E-state index contributed by atoms with van der Waals surface area (Å²) in [6.07, 6.45) is 0. The van der Waals surface area contributed by atoms with Crippen molar-refractivity contribution < 1.29 is 14.3 Å². The number of esters is 1. The van der Waals surface area contributed by atoms with E-state index in [4.69, 9.17) is 0 Å². The third-order valence-corrected chi connectivity index (χ3v) is 1.11. The molecular formula is C5H7NO3. The molecule has 4 heteroatoms. The number of carbonyl (C=O) groups excluding carboxylic acids is 2. The van der Waals surface area contributed by atoms with Crippen LogP contribution in [0, 0.1) is 0 Å². The van der Waals surface area contributed by atoms with Crippen LogP contribution in [0.5, 0.6) is 0 Å². The molecule has 1 unspecified atom stereocenters. The van der Waals surface area contributed by atoms with Crippen LogP contribution < -0.4 is 5.32 Å². The monoisotopic (exact) mass is 129 g/mol. The predicted octanol–water partition coefficient (Wildman–Crippen LogP) is -1.30. The highest BCUT2D eigenvalue weighted by atomic mass is 16.5. The molecule has 1 saturated heterocycles. The Morgan fingerprint density at radius 3 is 2.56 bits per heavy atom. The molecule has 0 spiro atoms. The lowest BCUT2D eigenvalue weighted by Gasteiger charge is -1.91. The molecule has 0 bridgehead atoms. The van der Waals surface area contributed by atoms with Gasteiger partial charge in [0.1, 0.15) is 0 Å². The number of ketones is 1. The molecule has 0 radical (unpaired) electrons. The van der Waals surface area contributed by atoms with Crippen LogP contribution in [-0.2, 0) is 14.3 Å². The number of hydrogen-bond donors (Lipinski definition) is 1. The lowest BCUT2D eigenvalue weighted by molar-refractivity contribution is -0.151. The summed E-state index contributed by atoms with van der Waals surface area (Å²) in [6.45, 7) is 0.605. The van der Waals surface area contributed by atoms with Crippen LogP contribution in [0.1, 0.15) is 0 Å². The lowest BCUT2D eigenvalue weighted by Crippen LogP contribution is -2.22. The van der Waals surface area contributed by atoms with Gasteiger partial charge < -0.3 is 10.1 Å². The molecule has 0 amide bonds. The SMILES string of the molecule is COC(=O)C(=O)C1CN1. The summed E-state index contributed by atoms with van der Waals surface area (Å²) in [5, 5.41) is 2.70. The summed E-state index contributed by atoms with van der Waals surface area (Å²) < 4.78 is 4.18. The quantitative estimate of drug-likeness (QED) is 0.286. The first-order valence-corrected chi connectivity index (χ1v) is 2.61. The Kier molecular flexibility index (Phi) is 1.48. The first-order chi connectivity index (χ1) is 4.25. The Hall–Kier alpha value is -0.900. The van der Waals surface area contributed by atoms with E-state index in [1.807, 2.05) is 0 Å². The fourth-order valence-electron chi connectivity index (χ4n) is 0.487. The standard InChI is InChI=1S/C5H7NO3/c1-9-5(8)4(7)3-2-6-3/h3,6H,2H2,1H3. The molecule has 0 aliphatic carbocycles. The number of rotatable bonds is 2. The zero-order valence-electron chi connectivity index (χ0n) is 5.01. The molecule has 1 aliphatic rings. The van der Waals surface area contributed by atoms with Gasteiger partial charge in [-0.3, -0.25) is 4.79 Å². The van der Waals surface area contributed by atoms with Crippen molar-refractivity contribution in [2.75, 3.05) is 13.7 Å². The van der Waals surface area contributed by atoms with E-state index < -0.39 is 11.8 Å². The Bertz CT molecular complexity index is 150. The van der Waals surface area contributed by atoms with Crippen LogP contribution in [0.15, 0.2) is 0 Å². The van der Waals surface area contributed by atoms with Gasteiger partial charge >= 0.3 is 5.97 Å². The van der Waals surface area contributed by atoms with Gasteiger partial charge in [-0.05, 0) is 0 Å². The summed E-state index contributed by atoms with van der Waals surface area (Å²) in [5.41, 5.74) is 0. The average Bonchev–Trinajstić information content (AvgIpc) is 2.66. The second-order valence-electron chi connectivity index (χ2n) is 1.82. The highest BCUT2D eigenvalue weighted by molar-refractivity contribution is 6.36. The molecule has 0 aromatic carbocycles. The van der Waals surface area contributed by atoms with Gasteiger partial charge in [0.15, 0.2) is 0 Å². The molecule has 9 heavy (non-hydrogen) atoms. The maximum Gasteiger partial charge on any atom is 0.376 e. The minimum absolute atomic E-state index is 0.266. The second kappa shape index (κ2) is 2.14. The zero-order chi connectivity index (χ0) is 6.85. The Labute approximate surface area is 52.2 Å². The molecule has 1 rings (SSSR count). The fraction of sp³-hybridized carbons (Fsp3) is 0.600. The third-order valence-electron chi connectivity index (χ3n) is 1.11. The number of nitrogens with one attached hydrogen (secondary N) is 1. The average molecular weight is 129 g/mol. The molecule has 1 fully saturated rings. The van der Waals surface area contributed by atoms with Crippen molar-refractivity contribution in [1.29, 1.82) is 0 Å². The Morgan fingerprint density at radius 2 is 2.22 bits per heavy atom. The highest BCUT2D eigenvalue weighted by Crippen LogP contribution is 1.98. The maximum atomic E-state index is 10.6. The van der Waals surface area contributed by atoms with Gasteiger partial charge in [0.25, 0.3) is 5.78 Å². The van der Waals surface area contributed by atoms with Gasteiger partial charge in [0.2, 0.25) is 0 Å². The molecule has 0 saturated carbocycles. The van der Waals surface area contributed by atoms with Crippen molar-refractivity contribution in [2.24, 2.45) is 0 Å². The van der Waals surface area contributed by atoms with Gasteiger partial charge in [-0.2, -0.15) is 0 Å². The Balaban J connectivity index is 2.40. The minimum Gasteiger partial charge on any atom is -0.463 e. The first kappa shape index (κ1) is 6.22. The summed E-state index contributed by atoms with van der Waals surface area (Å²) >= 11 is 0. The molecule has 1 aliphatic heterocycles. The summed E-state index contributed by atoms with van der Waals surface area (Å²) in [6, 6.07) is -0.266. The van der Waals surface area contributed by atoms with Crippen molar-refractivity contribution in [1.82, 2.24) is 5.32 Å². The van der Waals surface area contributed by atoms with Crippen molar-refractivity contribution in [3.8, 4) is 0 Å². The van der Waals surface area contributed by atoms with Gasteiger partial charge in [-0.1, -0.05) is 0 Å². The van der Waals surface area contributed by atoms with Crippen LogP contribution >= 0.6 is 0 Å². The maximum absolute atomic E-state index is 10.6. The van der Waals surface area contributed by atoms with Crippen LogP contribution in [0.25, 0.3) is 0 Å². The third kappa shape index (κ3) is 1.26. The number of methoxy groups -OCH3 is 1. The molecule has 0 aromatic heterocycles. The molecule has 1 N–H and O–H groups in total. The molecule has 50 valence electrons. The fourth-order valence-corrected chi connectivity index (χ4v) is 0.487. The van der Waals surface area contributed by atoms with E-state index in [2.05, 4.69) is 10.1 Å². The first-order valence-electron chi connectivity index (χ1n) is 2.61. The van der Waals surface area contributed by atoms with E-state index in [1.54, 1.807) is 0 Å². The smallest absolute Gasteiger partial charge is 0.376 e. The topological polar surface area (TPSA) is 65.3 Å². The van der Waals surface area contributed by atoms with E-state index in [-0.39, 0.29) is 6.04 Å². The molecular weight excluding hydrogens is 122 g/mol. The van der Waals surface area contributed by atoms with Gasteiger partial charge in [0.05, 0.1) is 13.2 Å². The summed E-state index contributed by atoms with van der Waals surface area (Å²) in [7, 11) is 1.20. The van der Waals surface area contributed by atoms with Crippen molar-refractivity contribution >= 4 is 11.8 Å². The van der Waals surface area contributed by atoms with E-state index in [0.717, 1.165) is 0 Å². The largest absolute Gasteiger partial charge is 0.463 e. The highest BCUT2D eigenvalue weighted by Gasteiger charge is 2.34. The van der Waals surface area contributed by atoms with Crippen molar-refractivity contribution in [2.45, 2.75) is 6.04 Å². The number of ether oxygens (including phenoxy) is 1. The van der Waals surface area contributed by atoms with Crippen LogP contribution in [0.4, 0.5) is 0 Å². The Morgan fingerprint density at radius 1 is 1.67 bits per heavy atom. The predicted molar refractivity (Wildman–Crippen MR) is 28.8 cm³/mol. The van der Waals surface area contributed by atoms with Crippen molar-refractivity contribution in [3.63, 3.8) is 0 Å². The van der Waals surface area contributed by atoms with Crippen molar-refractivity contribution in [3.05, 3.63) is 0 Å². The van der Waals surface area contributed by atoms with E-state index in [0.29, 0.717) is 6.54 Å². The lowest BCUT2D eigenvalue weighted by atomic mass is 10.3. The summed E-state index contributed by atoms with van der Waals surface area (Å²) in [4.78, 5) is 21.0. The molecule has 0 aromatic rings. The van der Waals surface area contributed by atoms with E-state index >= 15 is 0 Å². The van der Waals surface area contributed by atoms with Crippen LogP contribution in [-0.4, -0.2) is 31.4 Å². The normalized spacial score (nSPS) is 23.0. The van der Waals surface area contributed by atoms with Crippen LogP contribution in [0.3, 0.4) is 0 Å². The summed E-state index contributed by atoms with van der Waals surface area (Å²) in [5.74, 6) is -1.23. The van der Waals surface area contributed by atoms with E-state index in [9.17, 15) is 9.59 Å². The second-order valence-corrected chi connectivity index (χ2v) is 1.82.